The summed E-state index contributed by atoms with van der Waals surface area (Å²) in [5.41, 5.74) is 4.03. The average Bonchev–Trinajstić information content (AvgIpc) is 3.72. The normalized spacial score (nSPS) is 17.3. The molecule has 1 amide bonds. The van der Waals surface area contributed by atoms with Crippen molar-refractivity contribution in [3.8, 4) is 17.4 Å². The van der Waals surface area contributed by atoms with Gasteiger partial charge in [-0.15, -0.1) is 0 Å². The molecule has 9 heteroatoms. The molecule has 2 aliphatic rings. The number of rotatable bonds is 7. The van der Waals surface area contributed by atoms with Crippen molar-refractivity contribution in [1.29, 1.82) is 0 Å². The van der Waals surface area contributed by atoms with E-state index in [-0.39, 0.29) is 17.5 Å². The fourth-order valence-corrected chi connectivity index (χ4v) is 5.17. The van der Waals surface area contributed by atoms with Crippen LogP contribution < -0.4 is 29.7 Å². The first-order chi connectivity index (χ1) is 17.9. The van der Waals surface area contributed by atoms with Crippen LogP contribution in [0, 0.1) is 6.92 Å². The van der Waals surface area contributed by atoms with E-state index in [1.54, 1.807) is 27.5 Å². The molecule has 1 saturated carbocycles. The van der Waals surface area contributed by atoms with Crippen LogP contribution in [0.2, 0.25) is 0 Å². The molecular formula is C28H35N5O4. The molecule has 1 saturated heterocycles. The molecule has 37 heavy (non-hydrogen) atoms. The van der Waals surface area contributed by atoms with Crippen LogP contribution in [0.3, 0.4) is 0 Å². The summed E-state index contributed by atoms with van der Waals surface area (Å²) in [5.74, 6) is 1.62. The minimum Gasteiger partial charge on any atom is -0.497 e. The van der Waals surface area contributed by atoms with Crippen molar-refractivity contribution in [2.45, 2.75) is 44.7 Å². The average molecular weight is 506 g/mol. The molecule has 3 aromatic rings. The van der Waals surface area contributed by atoms with E-state index in [0.29, 0.717) is 28.5 Å². The Bertz CT molecular complexity index is 1300. The summed E-state index contributed by atoms with van der Waals surface area (Å²) in [7, 11) is 4.82. The Morgan fingerprint density at radius 1 is 1.05 bits per heavy atom. The lowest BCUT2D eigenvalue weighted by Gasteiger charge is -2.27. The maximum Gasteiger partial charge on any atom is 0.255 e. The number of amides is 1. The minimum absolute atomic E-state index is 0.189. The van der Waals surface area contributed by atoms with Gasteiger partial charge in [0.15, 0.2) is 0 Å². The topological polar surface area (TPSA) is 97.8 Å². The second-order valence-electron chi connectivity index (χ2n) is 9.97. The first kappa shape index (κ1) is 25.1. The summed E-state index contributed by atoms with van der Waals surface area (Å²) in [6.45, 7) is 6.40. The summed E-state index contributed by atoms with van der Waals surface area (Å²) in [6, 6.07) is 7.34. The molecule has 1 atom stereocenters. The van der Waals surface area contributed by atoms with Crippen molar-refractivity contribution in [2.24, 2.45) is 0 Å². The predicted molar refractivity (Wildman–Crippen MR) is 143 cm³/mol. The zero-order valence-electron chi connectivity index (χ0n) is 22.2. The Morgan fingerprint density at radius 3 is 2.43 bits per heavy atom. The number of benzene rings is 1. The van der Waals surface area contributed by atoms with Gasteiger partial charge in [-0.2, -0.15) is 0 Å². The highest BCUT2D eigenvalue weighted by molar-refractivity contribution is 6.08. The van der Waals surface area contributed by atoms with E-state index >= 15 is 0 Å². The van der Waals surface area contributed by atoms with Gasteiger partial charge in [0.1, 0.15) is 17.0 Å². The van der Waals surface area contributed by atoms with Crippen LogP contribution in [0.15, 0.2) is 30.5 Å². The van der Waals surface area contributed by atoms with Crippen LogP contribution >= 0.6 is 0 Å². The Balaban J connectivity index is 1.54. The predicted octanol–water partition coefficient (Wildman–Crippen LogP) is 3.79. The molecule has 2 aromatic heterocycles. The summed E-state index contributed by atoms with van der Waals surface area (Å²) < 4.78 is 16.4. The van der Waals surface area contributed by atoms with Crippen LogP contribution in [0.5, 0.6) is 17.4 Å². The molecule has 196 valence electrons. The second-order valence-corrected chi connectivity index (χ2v) is 9.97. The SMILES string of the molecule is COc1cc(OC)cc([C@H](C)NC(=O)c2cnc3c(OC)nc(C)cc3c2N2CCNC3(CC2)CC3)c1. The number of hydrogen-bond donors (Lipinski definition) is 2. The third kappa shape index (κ3) is 5.00. The number of aryl methyl sites for hydroxylation is 1. The van der Waals surface area contributed by atoms with Gasteiger partial charge in [-0.05, 0) is 56.9 Å². The van der Waals surface area contributed by atoms with Crippen LogP contribution in [-0.4, -0.2) is 62.4 Å². The highest BCUT2D eigenvalue weighted by atomic mass is 16.5. The van der Waals surface area contributed by atoms with Crippen molar-refractivity contribution < 1.29 is 19.0 Å². The van der Waals surface area contributed by atoms with E-state index in [1.807, 2.05) is 38.1 Å². The van der Waals surface area contributed by atoms with Gasteiger partial charge in [-0.1, -0.05) is 0 Å². The molecule has 0 bridgehead atoms. The van der Waals surface area contributed by atoms with Crippen LogP contribution in [0.1, 0.15) is 53.8 Å². The fourth-order valence-electron chi connectivity index (χ4n) is 5.17. The molecule has 3 heterocycles. The molecule has 1 aromatic carbocycles. The lowest BCUT2D eigenvalue weighted by molar-refractivity contribution is 0.0940. The van der Waals surface area contributed by atoms with E-state index < -0.39 is 0 Å². The van der Waals surface area contributed by atoms with E-state index in [0.717, 1.165) is 48.4 Å². The first-order valence-corrected chi connectivity index (χ1v) is 12.7. The molecule has 0 radical (unpaired) electrons. The van der Waals surface area contributed by atoms with Crippen LogP contribution in [-0.2, 0) is 0 Å². The second kappa shape index (κ2) is 10.0. The Kier molecular flexibility index (Phi) is 6.81. The number of nitrogens with one attached hydrogen (secondary N) is 2. The number of pyridine rings is 2. The number of carbonyl (C=O) groups excluding carboxylic acids is 1. The largest absolute Gasteiger partial charge is 0.497 e. The molecule has 2 fully saturated rings. The summed E-state index contributed by atoms with van der Waals surface area (Å²) >= 11 is 0. The van der Waals surface area contributed by atoms with Crippen molar-refractivity contribution >= 4 is 22.5 Å². The molecule has 9 nitrogen and oxygen atoms in total. The van der Waals surface area contributed by atoms with Gasteiger partial charge in [-0.3, -0.25) is 4.79 Å². The van der Waals surface area contributed by atoms with Crippen molar-refractivity contribution in [3.05, 3.63) is 47.3 Å². The molecule has 2 N–H and O–H groups in total. The lowest BCUT2D eigenvalue weighted by Crippen LogP contribution is -2.33. The van der Waals surface area contributed by atoms with E-state index in [1.165, 1.54) is 12.8 Å². The number of carbonyl (C=O) groups is 1. The van der Waals surface area contributed by atoms with Crippen molar-refractivity contribution in [2.75, 3.05) is 45.9 Å². The molecule has 5 rings (SSSR count). The molecular weight excluding hydrogens is 470 g/mol. The van der Waals surface area contributed by atoms with Gasteiger partial charge < -0.3 is 29.7 Å². The third-order valence-electron chi connectivity index (χ3n) is 7.49. The smallest absolute Gasteiger partial charge is 0.255 e. The van der Waals surface area contributed by atoms with E-state index in [2.05, 4.69) is 25.5 Å². The zero-order chi connectivity index (χ0) is 26.2. The number of ether oxygens (including phenoxy) is 3. The van der Waals surface area contributed by atoms with Gasteiger partial charge in [0.2, 0.25) is 5.88 Å². The number of methoxy groups -OCH3 is 3. The first-order valence-electron chi connectivity index (χ1n) is 12.7. The quantitative estimate of drug-likeness (QED) is 0.501. The van der Waals surface area contributed by atoms with E-state index in [9.17, 15) is 4.79 Å². The Morgan fingerprint density at radius 2 is 1.78 bits per heavy atom. The van der Waals surface area contributed by atoms with Crippen molar-refractivity contribution in [1.82, 2.24) is 20.6 Å². The van der Waals surface area contributed by atoms with Crippen LogP contribution in [0.4, 0.5) is 5.69 Å². The maximum atomic E-state index is 13.8. The third-order valence-corrected chi connectivity index (χ3v) is 7.49. The Labute approximate surface area is 217 Å². The minimum atomic E-state index is -0.283. The van der Waals surface area contributed by atoms with Gasteiger partial charge in [0.05, 0.1) is 38.6 Å². The van der Waals surface area contributed by atoms with Crippen molar-refractivity contribution in [3.63, 3.8) is 0 Å². The summed E-state index contributed by atoms with van der Waals surface area (Å²) in [5, 5.41) is 7.76. The van der Waals surface area contributed by atoms with Crippen LogP contribution in [0.25, 0.3) is 10.9 Å². The number of nitrogens with zero attached hydrogens (tertiary/aromatic N) is 3. The number of anilines is 1. The highest BCUT2D eigenvalue weighted by Crippen LogP contribution is 2.41. The number of hydrogen-bond acceptors (Lipinski definition) is 8. The number of aromatic nitrogens is 2. The zero-order valence-corrected chi connectivity index (χ0v) is 22.2. The number of fused-ring (bicyclic) bond motifs is 1. The molecule has 0 unspecified atom stereocenters. The fraction of sp³-hybridized carbons (Fsp3) is 0.464. The van der Waals surface area contributed by atoms with Gasteiger partial charge in [0.25, 0.3) is 5.91 Å². The molecule has 1 aliphatic carbocycles. The van der Waals surface area contributed by atoms with E-state index in [4.69, 9.17) is 14.2 Å². The van der Waals surface area contributed by atoms with Gasteiger partial charge >= 0.3 is 0 Å². The standard InChI is InChI=1S/C28H35N5O4/c1-17-12-22-24(27(31-17)37-5)29-16-23(25(22)33-10-8-28(6-7-28)30-9-11-33)26(34)32-18(2)19-13-20(35-3)15-21(14-19)36-4/h12-16,18,30H,6-11H2,1-5H3,(H,32,34)/t18-/m0/s1. The Hall–Kier alpha value is -3.59. The molecule has 1 spiro atoms. The maximum absolute atomic E-state index is 13.8. The summed E-state index contributed by atoms with van der Waals surface area (Å²) in [4.78, 5) is 25.3. The monoisotopic (exact) mass is 505 g/mol. The van der Waals surface area contributed by atoms with Gasteiger partial charge in [-0.25, -0.2) is 9.97 Å². The molecule has 1 aliphatic heterocycles. The van der Waals surface area contributed by atoms with Gasteiger partial charge in [0, 0.05) is 48.5 Å². The lowest BCUT2D eigenvalue weighted by atomic mass is 10.0. The highest BCUT2D eigenvalue weighted by Gasteiger charge is 2.43. The summed E-state index contributed by atoms with van der Waals surface area (Å²) in [6.07, 6.45) is 5.11.